The van der Waals surface area contributed by atoms with E-state index in [1.807, 2.05) is 0 Å². The monoisotopic (exact) mass is 325 g/mol. The largest absolute Gasteiger partial charge is 0.416 e. The van der Waals surface area contributed by atoms with Crippen LogP contribution < -0.4 is 5.73 Å². The fourth-order valence-corrected chi connectivity index (χ4v) is 1.86. The number of hydrogen-bond donors (Lipinski definition) is 1. The van der Waals surface area contributed by atoms with Gasteiger partial charge in [-0.25, -0.2) is 4.79 Å². The summed E-state index contributed by atoms with van der Waals surface area (Å²) in [5, 5.41) is 0. The summed E-state index contributed by atoms with van der Waals surface area (Å²) >= 11 is 0. The highest BCUT2D eigenvalue weighted by Gasteiger charge is 2.36. The molecule has 22 heavy (non-hydrogen) atoms. The van der Waals surface area contributed by atoms with E-state index in [4.69, 9.17) is 5.73 Å². The van der Waals surface area contributed by atoms with Crippen LogP contribution in [-0.2, 0) is 23.6 Å². The molecule has 0 aromatic heterocycles. The van der Waals surface area contributed by atoms with Crippen LogP contribution in [-0.4, -0.2) is 12.5 Å². The van der Waals surface area contributed by atoms with Gasteiger partial charge in [0, 0.05) is 5.57 Å². The van der Waals surface area contributed by atoms with E-state index in [2.05, 4.69) is 0 Å². The number of rotatable bonds is 5. The van der Waals surface area contributed by atoms with Gasteiger partial charge in [-0.2, -0.15) is 26.3 Å². The molecule has 1 aromatic carbocycles. The molecule has 0 radical (unpaired) electrons. The second-order valence-electron chi connectivity index (χ2n) is 4.66. The minimum Gasteiger partial charge on any atom is -0.330 e. The van der Waals surface area contributed by atoms with Crippen LogP contribution in [0.5, 0.6) is 0 Å². The van der Waals surface area contributed by atoms with E-state index in [1.54, 1.807) is 5.94 Å². The van der Waals surface area contributed by atoms with Crippen LogP contribution in [0.1, 0.15) is 29.5 Å². The zero-order valence-electron chi connectivity index (χ0n) is 11.3. The van der Waals surface area contributed by atoms with Crippen molar-refractivity contribution < 1.29 is 31.1 Å². The molecule has 0 atom stereocenters. The first-order chi connectivity index (χ1) is 10.1. The van der Waals surface area contributed by atoms with Gasteiger partial charge in [0.05, 0.1) is 11.1 Å². The van der Waals surface area contributed by atoms with E-state index < -0.39 is 23.5 Å². The summed E-state index contributed by atoms with van der Waals surface area (Å²) < 4.78 is 76.0. The molecule has 2 N–H and O–H groups in total. The number of aryl methyl sites for hydroxylation is 1. The minimum absolute atomic E-state index is 0.0132. The first-order valence-electron chi connectivity index (χ1n) is 6.29. The third-order valence-electron chi connectivity index (χ3n) is 2.95. The predicted octanol–water partition coefficient (Wildman–Crippen LogP) is 3.76. The van der Waals surface area contributed by atoms with Crippen LogP contribution in [0.2, 0.25) is 0 Å². The second kappa shape index (κ2) is 6.98. The van der Waals surface area contributed by atoms with Crippen molar-refractivity contribution in [1.29, 1.82) is 0 Å². The number of hydrogen-bond acceptors (Lipinski definition) is 2. The van der Waals surface area contributed by atoms with Gasteiger partial charge in [0.1, 0.15) is 5.94 Å². The van der Waals surface area contributed by atoms with Crippen LogP contribution in [0, 0.1) is 0 Å². The van der Waals surface area contributed by atoms with Gasteiger partial charge in [-0.05, 0) is 49.6 Å². The van der Waals surface area contributed by atoms with Crippen LogP contribution in [0.15, 0.2) is 23.8 Å². The lowest BCUT2D eigenvalue weighted by Crippen LogP contribution is -2.12. The van der Waals surface area contributed by atoms with E-state index in [0.717, 1.165) is 0 Å². The zero-order chi connectivity index (χ0) is 17.0. The maximum absolute atomic E-state index is 12.7. The number of carbonyl (C=O) groups excluding carboxylic acids is 1. The number of benzene rings is 1. The van der Waals surface area contributed by atoms with Crippen LogP contribution in [0.3, 0.4) is 0 Å². The van der Waals surface area contributed by atoms with Crippen molar-refractivity contribution in [3.63, 3.8) is 0 Å². The lowest BCUT2D eigenvalue weighted by molar-refractivity contribution is -0.143. The van der Waals surface area contributed by atoms with Gasteiger partial charge in [-0.1, -0.05) is 0 Å². The molecule has 0 spiro atoms. The van der Waals surface area contributed by atoms with E-state index >= 15 is 0 Å². The summed E-state index contributed by atoms with van der Waals surface area (Å²) in [5.74, 6) is 1.61. The Morgan fingerprint density at radius 2 is 1.45 bits per heavy atom. The SMILES string of the molecule is NCCC(=C=O)CCc1cc(C(F)(F)F)cc(C(F)(F)F)c1. The zero-order valence-corrected chi connectivity index (χ0v) is 11.3. The molecule has 0 heterocycles. The Hall–Kier alpha value is -1.79. The fourth-order valence-electron chi connectivity index (χ4n) is 1.86. The molecule has 0 aliphatic rings. The Labute approximate surface area is 122 Å². The van der Waals surface area contributed by atoms with Crippen LogP contribution in [0.4, 0.5) is 26.3 Å². The highest BCUT2D eigenvalue weighted by atomic mass is 19.4. The Balaban J connectivity index is 3.11. The number of nitrogens with two attached hydrogens (primary N) is 1. The average molecular weight is 325 g/mol. The standard InChI is InChI=1S/C14H13F6NO/c15-13(16,17)11-5-10(2-1-9(8-22)3-4-21)6-12(7-11)14(18,19)20/h5-7H,1-4,21H2. The molecule has 1 aromatic rings. The highest BCUT2D eigenvalue weighted by molar-refractivity contribution is 5.52. The Bertz CT molecular complexity index is 537. The molecule has 0 fully saturated rings. The lowest BCUT2D eigenvalue weighted by atomic mass is 9.99. The molecule has 2 nitrogen and oxygen atoms in total. The van der Waals surface area contributed by atoms with Gasteiger partial charge in [-0.15, -0.1) is 0 Å². The van der Waals surface area contributed by atoms with E-state index in [9.17, 15) is 31.1 Å². The second-order valence-corrected chi connectivity index (χ2v) is 4.66. The fraction of sp³-hybridized carbons (Fsp3) is 0.429. The third-order valence-corrected chi connectivity index (χ3v) is 2.95. The van der Waals surface area contributed by atoms with Crippen molar-refractivity contribution in [2.24, 2.45) is 5.73 Å². The van der Waals surface area contributed by atoms with Crippen molar-refractivity contribution in [3.05, 3.63) is 40.5 Å². The smallest absolute Gasteiger partial charge is 0.330 e. The molecular weight excluding hydrogens is 312 g/mol. The minimum atomic E-state index is -4.88. The Morgan fingerprint density at radius 3 is 1.82 bits per heavy atom. The summed E-state index contributed by atoms with van der Waals surface area (Å²) in [6.07, 6.45) is -9.67. The predicted molar refractivity (Wildman–Crippen MR) is 67.6 cm³/mol. The first-order valence-corrected chi connectivity index (χ1v) is 6.29. The van der Waals surface area contributed by atoms with Gasteiger partial charge < -0.3 is 5.73 Å². The molecule has 0 amide bonds. The number of halogens is 6. The van der Waals surface area contributed by atoms with Crippen LogP contribution >= 0.6 is 0 Å². The first kappa shape index (κ1) is 18.3. The topological polar surface area (TPSA) is 43.1 Å². The summed E-state index contributed by atoms with van der Waals surface area (Å²) in [5.41, 5.74) is 2.59. The van der Waals surface area contributed by atoms with Crippen LogP contribution in [0.25, 0.3) is 0 Å². The Kier molecular flexibility index (Phi) is 5.79. The van der Waals surface area contributed by atoms with Gasteiger partial charge in [0.15, 0.2) is 0 Å². The molecule has 0 aliphatic carbocycles. The lowest BCUT2D eigenvalue weighted by Gasteiger charge is -2.14. The molecular formula is C14H13F6NO. The van der Waals surface area contributed by atoms with E-state index in [-0.39, 0.29) is 43.0 Å². The quantitative estimate of drug-likeness (QED) is 0.661. The summed E-state index contributed by atoms with van der Waals surface area (Å²) in [6.45, 7) is 0.154. The molecule has 0 unspecified atom stereocenters. The van der Waals surface area contributed by atoms with Gasteiger partial charge in [0.25, 0.3) is 0 Å². The molecule has 0 aliphatic heterocycles. The Morgan fingerprint density at radius 1 is 0.955 bits per heavy atom. The van der Waals surface area contributed by atoms with E-state index in [0.29, 0.717) is 12.1 Å². The van der Waals surface area contributed by atoms with Crippen molar-refractivity contribution >= 4 is 5.94 Å². The highest BCUT2D eigenvalue weighted by Crippen LogP contribution is 2.36. The van der Waals surface area contributed by atoms with Crippen molar-refractivity contribution in [2.75, 3.05) is 6.54 Å². The molecule has 0 saturated heterocycles. The third kappa shape index (κ3) is 5.20. The van der Waals surface area contributed by atoms with Gasteiger partial charge in [0.2, 0.25) is 0 Å². The van der Waals surface area contributed by atoms with Gasteiger partial charge in [-0.3, -0.25) is 0 Å². The average Bonchev–Trinajstić information content (AvgIpc) is 2.41. The van der Waals surface area contributed by atoms with E-state index in [1.165, 1.54) is 0 Å². The number of alkyl halides is 6. The molecule has 1 rings (SSSR count). The maximum atomic E-state index is 12.7. The van der Waals surface area contributed by atoms with Crippen molar-refractivity contribution in [1.82, 2.24) is 0 Å². The van der Waals surface area contributed by atoms with Crippen molar-refractivity contribution in [2.45, 2.75) is 31.6 Å². The van der Waals surface area contributed by atoms with Crippen molar-refractivity contribution in [3.8, 4) is 0 Å². The molecule has 122 valence electrons. The molecule has 0 saturated carbocycles. The summed E-state index contributed by atoms with van der Waals surface area (Å²) in [6, 6.07) is 1.38. The maximum Gasteiger partial charge on any atom is 0.416 e. The van der Waals surface area contributed by atoms with Gasteiger partial charge >= 0.3 is 12.4 Å². The molecule has 8 heteroatoms. The summed E-state index contributed by atoms with van der Waals surface area (Å²) in [7, 11) is 0. The normalized spacial score (nSPS) is 12.1. The summed E-state index contributed by atoms with van der Waals surface area (Å²) in [4.78, 5) is 10.6. The molecule has 0 bridgehead atoms.